The molecule has 0 unspecified atom stereocenters. The number of ketones is 1. The first-order valence-corrected chi connectivity index (χ1v) is 7.09. The van der Waals surface area contributed by atoms with Crippen molar-refractivity contribution in [1.29, 1.82) is 0 Å². The first-order valence-electron chi connectivity index (χ1n) is 7.09. The molecule has 4 heteroatoms. The van der Waals surface area contributed by atoms with Crippen LogP contribution in [0.4, 0.5) is 5.69 Å². The summed E-state index contributed by atoms with van der Waals surface area (Å²) in [5, 5.41) is 9.99. The zero-order valence-electron chi connectivity index (χ0n) is 12.3. The van der Waals surface area contributed by atoms with Crippen molar-refractivity contribution in [2.45, 2.75) is 0 Å². The van der Waals surface area contributed by atoms with Crippen LogP contribution in [-0.2, 0) is 0 Å². The molecule has 0 bridgehead atoms. The average Bonchev–Trinajstić information content (AvgIpc) is 2.58. The van der Waals surface area contributed by atoms with Gasteiger partial charge < -0.3 is 15.6 Å². The summed E-state index contributed by atoms with van der Waals surface area (Å²) in [6.45, 7) is 0. The number of carbonyl (C=O) groups is 1. The second-order valence-electron chi connectivity index (χ2n) is 5.05. The minimum atomic E-state index is -0.291. The van der Waals surface area contributed by atoms with Gasteiger partial charge >= 0.3 is 0 Å². The molecule has 23 heavy (non-hydrogen) atoms. The number of nitrogen functional groups attached to an aromatic ring is 1. The first-order chi connectivity index (χ1) is 11.1. The molecule has 0 radical (unpaired) electrons. The fraction of sp³-hybridized carbons (Fsp3) is 0. The molecule has 0 spiro atoms. The van der Waals surface area contributed by atoms with Crippen molar-refractivity contribution < 1.29 is 14.6 Å². The van der Waals surface area contributed by atoms with E-state index in [2.05, 4.69) is 0 Å². The molecule has 0 aliphatic heterocycles. The van der Waals surface area contributed by atoms with Crippen LogP contribution in [0.1, 0.15) is 15.9 Å². The van der Waals surface area contributed by atoms with Crippen molar-refractivity contribution in [3.63, 3.8) is 0 Å². The highest BCUT2D eigenvalue weighted by atomic mass is 16.5. The van der Waals surface area contributed by atoms with Crippen LogP contribution < -0.4 is 10.5 Å². The number of para-hydroxylation sites is 1. The van der Waals surface area contributed by atoms with Crippen molar-refractivity contribution in [3.8, 4) is 17.2 Å². The van der Waals surface area contributed by atoms with Gasteiger partial charge in [-0.3, -0.25) is 4.79 Å². The molecule has 0 saturated heterocycles. The lowest BCUT2D eigenvalue weighted by molar-refractivity contribution is 0.103. The van der Waals surface area contributed by atoms with Gasteiger partial charge in [0.25, 0.3) is 0 Å². The maximum Gasteiger partial charge on any atom is 0.196 e. The fourth-order valence-corrected chi connectivity index (χ4v) is 2.18. The Balaban J connectivity index is 1.91. The Morgan fingerprint density at radius 2 is 1.57 bits per heavy atom. The summed E-state index contributed by atoms with van der Waals surface area (Å²) < 4.78 is 5.70. The van der Waals surface area contributed by atoms with Gasteiger partial charge in [0.2, 0.25) is 0 Å². The van der Waals surface area contributed by atoms with E-state index < -0.39 is 0 Å². The van der Waals surface area contributed by atoms with Crippen molar-refractivity contribution in [3.05, 3.63) is 83.9 Å². The number of anilines is 1. The van der Waals surface area contributed by atoms with Crippen LogP contribution in [0.3, 0.4) is 0 Å². The van der Waals surface area contributed by atoms with E-state index in [9.17, 15) is 9.90 Å². The number of ether oxygens (including phenoxy) is 1. The molecule has 4 nitrogen and oxygen atoms in total. The number of phenolic OH excluding ortho intramolecular Hbond substituents is 1. The van der Waals surface area contributed by atoms with Gasteiger partial charge in [-0.05, 0) is 54.6 Å². The normalized spacial score (nSPS) is 10.3. The monoisotopic (exact) mass is 305 g/mol. The Kier molecular flexibility index (Phi) is 3.97. The average molecular weight is 305 g/mol. The Morgan fingerprint density at radius 1 is 0.870 bits per heavy atom. The van der Waals surface area contributed by atoms with Gasteiger partial charge in [-0.1, -0.05) is 18.2 Å². The van der Waals surface area contributed by atoms with Crippen molar-refractivity contribution in [2.24, 2.45) is 0 Å². The summed E-state index contributed by atoms with van der Waals surface area (Å²) in [6.07, 6.45) is 0. The number of carbonyl (C=O) groups excluding carboxylic acids is 1. The summed E-state index contributed by atoms with van der Waals surface area (Å²) in [5.41, 5.74) is 6.83. The molecular formula is C19H15NO3. The summed E-state index contributed by atoms with van der Waals surface area (Å²) in [7, 11) is 0. The minimum absolute atomic E-state index is 0.0905. The summed E-state index contributed by atoms with van der Waals surface area (Å²) >= 11 is 0. The molecule has 0 saturated carbocycles. The smallest absolute Gasteiger partial charge is 0.196 e. The number of hydrogen-bond acceptors (Lipinski definition) is 4. The van der Waals surface area contributed by atoms with E-state index in [1.807, 2.05) is 30.3 Å². The molecule has 3 aromatic carbocycles. The molecule has 0 amide bonds. The van der Waals surface area contributed by atoms with E-state index in [0.717, 1.165) is 0 Å². The van der Waals surface area contributed by atoms with Crippen LogP contribution in [0.5, 0.6) is 17.2 Å². The number of aromatic hydroxyl groups is 1. The largest absolute Gasteiger partial charge is 0.507 e. The number of nitrogens with two attached hydrogens (primary N) is 1. The van der Waals surface area contributed by atoms with E-state index in [1.165, 1.54) is 12.1 Å². The molecule has 0 fully saturated rings. The second kappa shape index (κ2) is 6.23. The van der Waals surface area contributed by atoms with Crippen LogP contribution in [0.2, 0.25) is 0 Å². The van der Waals surface area contributed by atoms with Gasteiger partial charge in [-0.2, -0.15) is 0 Å². The summed E-state index contributed by atoms with van der Waals surface area (Å²) in [5.74, 6) is 0.755. The van der Waals surface area contributed by atoms with E-state index in [4.69, 9.17) is 10.5 Å². The van der Waals surface area contributed by atoms with Gasteiger partial charge in [0.05, 0.1) is 5.56 Å². The highest BCUT2D eigenvalue weighted by Crippen LogP contribution is 2.28. The van der Waals surface area contributed by atoms with Crippen LogP contribution >= 0.6 is 0 Å². The van der Waals surface area contributed by atoms with Gasteiger partial charge in [0.1, 0.15) is 17.2 Å². The van der Waals surface area contributed by atoms with Crippen LogP contribution in [0.25, 0.3) is 0 Å². The SMILES string of the molecule is Nc1ccc(C(=O)c2cc(Oc3ccccc3)ccc2O)cc1. The van der Waals surface area contributed by atoms with E-state index in [-0.39, 0.29) is 17.1 Å². The lowest BCUT2D eigenvalue weighted by atomic mass is 10.0. The van der Waals surface area contributed by atoms with Crippen molar-refractivity contribution >= 4 is 11.5 Å². The zero-order chi connectivity index (χ0) is 16.2. The summed E-state index contributed by atoms with van der Waals surface area (Å²) in [6, 6.07) is 20.4. The minimum Gasteiger partial charge on any atom is -0.507 e. The van der Waals surface area contributed by atoms with Gasteiger partial charge in [0.15, 0.2) is 5.78 Å². The lowest BCUT2D eigenvalue weighted by Crippen LogP contribution is -2.02. The molecule has 0 aromatic heterocycles. The van der Waals surface area contributed by atoms with Crippen LogP contribution in [0.15, 0.2) is 72.8 Å². The third kappa shape index (κ3) is 3.32. The Bertz CT molecular complexity index is 827. The van der Waals surface area contributed by atoms with Gasteiger partial charge in [-0.25, -0.2) is 0 Å². The molecule has 0 aliphatic carbocycles. The molecule has 3 rings (SSSR count). The number of rotatable bonds is 4. The third-order valence-electron chi connectivity index (χ3n) is 3.36. The number of hydrogen-bond donors (Lipinski definition) is 2. The number of phenols is 1. The van der Waals surface area contributed by atoms with E-state index in [0.29, 0.717) is 22.7 Å². The number of benzene rings is 3. The third-order valence-corrected chi connectivity index (χ3v) is 3.36. The molecule has 3 N–H and O–H groups in total. The molecule has 0 heterocycles. The molecule has 114 valence electrons. The van der Waals surface area contributed by atoms with E-state index in [1.54, 1.807) is 30.3 Å². The predicted molar refractivity (Wildman–Crippen MR) is 88.9 cm³/mol. The molecule has 3 aromatic rings. The molecular weight excluding hydrogens is 290 g/mol. The van der Waals surface area contributed by atoms with Crippen molar-refractivity contribution in [2.75, 3.05) is 5.73 Å². The molecule has 0 aliphatic rings. The highest BCUT2D eigenvalue weighted by Gasteiger charge is 2.15. The Labute approximate surface area is 133 Å². The molecule has 0 atom stereocenters. The summed E-state index contributed by atoms with van der Waals surface area (Å²) in [4.78, 5) is 12.5. The second-order valence-corrected chi connectivity index (χ2v) is 5.05. The standard InChI is InChI=1S/C19H15NO3/c20-14-8-6-13(7-9-14)19(22)17-12-16(10-11-18(17)21)23-15-4-2-1-3-5-15/h1-12,21H,20H2. The van der Waals surface area contributed by atoms with Crippen LogP contribution in [-0.4, -0.2) is 10.9 Å². The quantitative estimate of drug-likeness (QED) is 0.564. The zero-order valence-corrected chi connectivity index (χ0v) is 12.3. The maximum absolute atomic E-state index is 12.5. The Hall–Kier alpha value is -3.27. The fourth-order valence-electron chi connectivity index (χ4n) is 2.18. The first kappa shape index (κ1) is 14.7. The van der Waals surface area contributed by atoms with Crippen molar-refractivity contribution in [1.82, 2.24) is 0 Å². The lowest BCUT2D eigenvalue weighted by Gasteiger charge is -2.09. The topological polar surface area (TPSA) is 72.6 Å². The van der Waals surface area contributed by atoms with Gasteiger partial charge in [0, 0.05) is 11.3 Å². The Morgan fingerprint density at radius 3 is 2.26 bits per heavy atom. The van der Waals surface area contributed by atoms with Gasteiger partial charge in [-0.15, -0.1) is 0 Å². The van der Waals surface area contributed by atoms with E-state index >= 15 is 0 Å². The highest BCUT2D eigenvalue weighted by molar-refractivity contribution is 6.11. The maximum atomic E-state index is 12.5. The van der Waals surface area contributed by atoms with Crippen LogP contribution in [0, 0.1) is 0 Å². The predicted octanol–water partition coefficient (Wildman–Crippen LogP) is 4.00.